The molecule has 1 amide bonds. The van der Waals surface area contributed by atoms with Crippen molar-refractivity contribution >= 4 is 11.6 Å². The van der Waals surface area contributed by atoms with Crippen molar-refractivity contribution in [2.24, 2.45) is 0 Å². The Bertz CT molecular complexity index is 790. The van der Waals surface area contributed by atoms with Crippen molar-refractivity contribution in [1.82, 2.24) is 20.4 Å². The van der Waals surface area contributed by atoms with Crippen LogP contribution in [-0.4, -0.2) is 60.2 Å². The summed E-state index contributed by atoms with van der Waals surface area (Å²) in [6, 6.07) is 8.19. The molecule has 0 aliphatic carbocycles. The van der Waals surface area contributed by atoms with E-state index in [9.17, 15) is 4.79 Å². The van der Waals surface area contributed by atoms with Crippen LogP contribution in [0.5, 0.6) is 0 Å². The maximum absolute atomic E-state index is 12.3. The van der Waals surface area contributed by atoms with Crippen LogP contribution < -0.4 is 10.2 Å². The molecule has 30 heavy (non-hydrogen) atoms. The van der Waals surface area contributed by atoms with Crippen LogP contribution in [0.1, 0.15) is 62.1 Å². The Morgan fingerprint density at radius 1 is 0.933 bits per heavy atom. The van der Waals surface area contributed by atoms with Gasteiger partial charge in [0.25, 0.3) is 0 Å². The van der Waals surface area contributed by atoms with Gasteiger partial charge >= 0.3 is 11.8 Å². The minimum absolute atomic E-state index is 0.0277. The maximum atomic E-state index is 12.3. The summed E-state index contributed by atoms with van der Waals surface area (Å²) in [6.45, 7) is 6.23. The Kier molecular flexibility index (Phi) is 7.34. The van der Waals surface area contributed by atoms with Crippen LogP contribution in [0.4, 0.5) is 5.69 Å². The quantitative estimate of drug-likeness (QED) is 0.700. The number of anilines is 1. The molecule has 0 unspecified atom stereocenters. The highest BCUT2D eigenvalue weighted by Crippen LogP contribution is 2.23. The molecule has 2 aliphatic heterocycles. The van der Waals surface area contributed by atoms with Crippen molar-refractivity contribution in [1.29, 1.82) is 0 Å². The molecule has 162 valence electrons. The lowest BCUT2D eigenvalue weighted by molar-refractivity contribution is 0.0908. The standard InChI is InChI=1S/C23H33N5O2/c29-22(24-13-8-16-27-14-4-1-2-5-15-27)23-25-21(26-30-23)19-9-11-20(12-10-19)28-17-6-3-7-18-28/h9-12H,1-8,13-18H2,(H,24,29). The van der Waals surface area contributed by atoms with E-state index in [0.717, 1.165) is 31.6 Å². The number of hydrogen-bond acceptors (Lipinski definition) is 6. The Labute approximate surface area is 178 Å². The number of nitrogens with one attached hydrogen (secondary N) is 1. The minimum Gasteiger partial charge on any atom is -0.372 e. The fourth-order valence-corrected chi connectivity index (χ4v) is 4.35. The zero-order valence-corrected chi connectivity index (χ0v) is 17.8. The normalized spacial score (nSPS) is 18.2. The Balaban J connectivity index is 1.25. The molecule has 2 aromatic rings. The summed E-state index contributed by atoms with van der Waals surface area (Å²) in [7, 11) is 0. The molecule has 4 rings (SSSR count). The number of amides is 1. The zero-order chi connectivity index (χ0) is 20.6. The monoisotopic (exact) mass is 411 g/mol. The Morgan fingerprint density at radius 2 is 1.60 bits per heavy atom. The number of carbonyl (C=O) groups is 1. The minimum atomic E-state index is -0.297. The van der Waals surface area contributed by atoms with E-state index in [2.05, 4.69) is 37.4 Å². The third-order valence-corrected chi connectivity index (χ3v) is 6.10. The van der Waals surface area contributed by atoms with Crippen molar-refractivity contribution in [3.05, 3.63) is 30.2 Å². The van der Waals surface area contributed by atoms with Crippen LogP contribution in [0.2, 0.25) is 0 Å². The molecule has 0 bridgehead atoms. The molecule has 2 fully saturated rings. The summed E-state index contributed by atoms with van der Waals surface area (Å²) in [5.74, 6) is 0.185. The molecule has 7 heteroatoms. The number of rotatable bonds is 7. The van der Waals surface area contributed by atoms with Gasteiger partial charge in [0.1, 0.15) is 0 Å². The molecule has 2 saturated heterocycles. The van der Waals surface area contributed by atoms with Crippen LogP contribution in [0.15, 0.2) is 28.8 Å². The summed E-state index contributed by atoms with van der Waals surface area (Å²) >= 11 is 0. The van der Waals surface area contributed by atoms with Crippen LogP contribution in [0, 0.1) is 0 Å². The molecule has 1 N–H and O–H groups in total. The lowest BCUT2D eigenvalue weighted by atomic mass is 10.1. The third kappa shape index (κ3) is 5.59. The van der Waals surface area contributed by atoms with Gasteiger partial charge in [-0.05, 0) is 82.4 Å². The summed E-state index contributed by atoms with van der Waals surface area (Å²) in [5, 5.41) is 6.90. The van der Waals surface area contributed by atoms with Gasteiger partial charge in [-0.1, -0.05) is 18.0 Å². The summed E-state index contributed by atoms with van der Waals surface area (Å²) in [6.07, 6.45) is 10.0. The van der Waals surface area contributed by atoms with E-state index < -0.39 is 0 Å². The predicted molar refractivity (Wildman–Crippen MR) is 118 cm³/mol. The van der Waals surface area contributed by atoms with Gasteiger partial charge in [0.2, 0.25) is 5.82 Å². The van der Waals surface area contributed by atoms with E-state index in [1.54, 1.807) is 0 Å². The first kappa shape index (κ1) is 20.8. The van der Waals surface area contributed by atoms with E-state index >= 15 is 0 Å². The van der Waals surface area contributed by atoms with Gasteiger partial charge < -0.3 is 19.6 Å². The van der Waals surface area contributed by atoms with Crippen molar-refractivity contribution in [3.8, 4) is 11.4 Å². The lowest BCUT2D eigenvalue weighted by Crippen LogP contribution is -2.30. The van der Waals surface area contributed by atoms with Gasteiger partial charge in [-0.15, -0.1) is 0 Å². The molecule has 0 atom stereocenters. The summed E-state index contributed by atoms with van der Waals surface area (Å²) in [4.78, 5) is 21.5. The number of carbonyl (C=O) groups excluding carboxylic acids is 1. The van der Waals surface area contributed by atoms with Crippen LogP contribution in [0.25, 0.3) is 11.4 Å². The van der Waals surface area contributed by atoms with Crippen LogP contribution >= 0.6 is 0 Å². The first-order chi connectivity index (χ1) is 14.8. The molecule has 0 saturated carbocycles. The number of benzene rings is 1. The third-order valence-electron chi connectivity index (χ3n) is 6.10. The van der Waals surface area contributed by atoms with Crippen molar-refractivity contribution in [2.75, 3.05) is 44.2 Å². The predicted octanol–water partition coefficient (Wildman–Crippen LogP) is 3.72. The molecule has 0 spiro atoms. The first-order valence-corrected chi connectivity index (χ1v) is 11.5. The van der Waals surface area contributed by atoms with Crippen molar-refractivity contribution < 1.29 is 9.32 Å². The molecule has 1 aromatic heterocycles. The van der Waals surface area contributed by atoms with Crippen LogP contribution in [-0.2, 0) is 0 Å². The second kappa shape index (κ2) is 10.6. The number of nitrogens with zero attached hydrogens (tertiary/aromatic N) is 4. The van der Waals surface area contributed by atoms with E-state index in [-0.39, 0.29) is 11.8 Å². The van der Waals surface area contributed by atoms with E-state index in [1.165, 1.54) is 63.7 Å². The first-order valence-electron chi connectivity index (χ1n) is 11.5. The van der Waals surface area contributed by atoms with E-state index in [0.29, 0.717) is 12.4 Å². The number of aromatic nitrogens is 2. The van der Waals surface area contributed by atoms with Crippen molar-refractivity contribution in [3.63, 3.8) is 0 Å². The molecule has 3 heterocycles. The molecular formula is C23H33N5O2. The maximum Gasteiger partial charge on any atom is 0.316 e. The highest BCUT2D eigenvalue weighted by molar-refractivity contribution is 5.89. The van der Waals surface area contributed by atoms with Gasteiger partial charge in [-0.3, -0.25) is 4.79 Å². The smallest absolute Gasteiger partial charge is 0.316 e. The van der Waals surface area contributed by atoms with Crippen molar-refractivity contribution in [2.45, 2.75) is 51.4 Å². The molecule has 0 radical (unpaired) electrons. The molecule has 7 nitrogen and oxygen atoms in total. The summed E-state index contributed by atoms with van der Waals surface area (Å²) in [5.41, 5.74) is 2.09. The van der Waals surface area contributed by atoms with Gasteiger partial charge in [-0.25, -0.2) is 0 Å². The molecule has 1 aromatic carbocycles. The van der Waals surface area contributed by atoms with Gasteiger partial charge in [0, 0.05) is 30.9 Å². The average molecular weight is 412 g/mol. The second-order valence-electron chi connectivity index (χ2n) is 8.38. The van der Waals surface area contributed by atoms with E-state index in [4.69, 9.17) is 4.52 Å². The average Bonchev–Trinajstić information content (AvgIpc) is 3.15. The second-order valence-corrected chi connectivity index (χ2v) is 8.38. The highest BCUT2D eigenvalue weighted by atomic mass is 16.5. The number of hydrogen-bond donors (Lipinski definition) is 1. The number of piperidine rings is 1. The Hall–Kier alpha value is -2.41. The largest absolute Gasteiger partial charge is 0.372 e. The fourth-order valence-electron chi connectivity index (χ4n) is 4.35. The molecular weight excluding hydrogens is 378 g/mol. The molecule has 2 aliphatic rings. The van der Waals surface area contributed by atoms with Gasteiger partial charge in [-0.2, -0.15) is 4.98 Å². The van der Waals surface area contributed by atoms with E-state index in [1.807, 2.05) is 12.1 Å². The summed E-state index contributed by atoms with van der Waals surface area (Å²) < 4.78 is 5.20. The zero-order valence-electron chi connectivity index (χ0n) is 17.8. The van der Waals surface area contributed by atoms with Crippen LogP contribution in [0.3, 0.4) is 0 Å². The lowest BCUT2D eigenvalue weighted by Gasteiger charge is -2.28. The highest BCUT2D eigenvalue weighted by Gasteiger charge is 2.17. The Morgan fingerprint density at radius 3 is 2.33 bits per heavy atom. The topological polar surface area (TPSA) is 74.5 Å². The van der Waals surface area contributed by atoms with Gasteiger partial charge in [0.05, 0.1) is 0 Å². The number of likely N-dealkylation sites (tertiary alicyclic amines) is 1. The SMILES string of the molecule is O=C(NCCCN1CCCCCC1)c1nc(-c2ccc(N3CCCCC3)cc2)no1. The fraction of sp³-hybridized carbons (Fsp3) is 0.609. The van der Waals surface area contributed by atoms with Gasteiger partial charge in [0.15, 0.2) is 0 Å².